The van der Waals surface area contributed by atoms with Gasteiger partial charge in [0.05, 0.1) is 6.61 Å². The number of hydrogen-bond donors (Lipinski definition) is 3. The molecule has 0 radical (unpaired) electrons. The Hall–Kier alpha value is -2.52. The van der Waals surface area contributed by atoms with Gasteiger partial charge in [0.15, 0.2) is 5.78 Å². The van der Waals surface area contributed by atoms with Crippen molar-refractivity contribution in [2.45, 2.75) is 44.7 Å². The van der Waals surface area contributed by atoms with Gasteiger partial charge in [-0.05, 0) is 56.7 Å². The number of carbonyl (C=O) groups excluding carboxylic acids is 1. The third-order valence-electron chi connectivity index (χ3n) is 6.29. The van der Waals surface area contributed by atoms with Crippen LogP contribution in [0.25, 0.3) is 0 Å². The van der Waals surface area contributed by atoms with E-state index in [9.17, 15) is 9.90 Å². The second-order valence-corrected chi connectivity index (χ2v) is 7.88. The quantitative estimate of drug-likeness (QED) is 0.489. The minimum Gasteiger partial charge on any atom is -0.483 e. The zero-order chi connectivity index (χ0) is 22.1. The Morgan fingerprint density at radius 1 is 1.17 bits per heavy atom. The maximum Gasteiger partial charge on any atom is 0.290 e. The molecule has 9 heteroatoms. The smallest absolute Gasteiger partial charge is 0.290 e. The Kier molecular flexibility index (Phi) is 9.19. The first kappa shape index (κ1) is 23.8. The van der Waals surface area contributed by atoms with Gasteiger partial charge in [0.1, 0.15) is 5.82 Å². The van der Waals surface area contributed by atoms with E-state index >= 15 is 0 Å². The molecule has 1 aromatic heterocycles. The van der Waals surface area contributed by atoms with Crippen LogP contribution in [0.5, 0.6) is 0 Å². The highest BCUT2D eigenvalue weighted by molar-refractivity contribution is 5.93. The molecule has 4 rings (SSSR count). The number of piperidine rings is 3. The molecule has 30 heavy (non-hydrogen) atoms. The first-order valence-corrected chi connectivity index (χ1v) is 10.2. The molecule has 0 saturated carbocycles. The van der Waals surface area contributed by atoms with Crippen LogP contribution in [0.4, 0.5) is 5.82 Å². The fourth-order valence-electron chi connectivity index (χ4n) is 5.13. The maximum absolute atomic E-state index is 11.4. The molecule has 0 aliphatic carbocycles. The molecular formula is C21H31N3O6. The summed E-state index contributed by atoms with van der Waals surface area (Å²) in [5.41, 5.74) is 0.669. The van der Waals surface area contributed by atoms with Crippen molar-refractivity contribution in [1.82, 2.24) is 9.88 Å². The molecule has 2 bridgehead atoms. The lowest BCUT2D eigenvalue weighted by atomic mass is 9.72. The van der Waals surface area contributed by atoms with Gasteiger partial charge in [0.2, 0.25) is 0 Å². The van der Waals surface area contributed by atoms with E-state index in [1.807, 2.05) is 12.1 Å². The highest BCUT2D eigenvalue weighted by Crippen LogP contribution is 2.41. The Morgan fingerprint density at radius 2 is 1.83 bits per heavy atom. The van der Waals surface area contributed by atoms with E-state index in [1.165, 1.54) is 25.7 Å². The summed E-state index contributed by atoms with van der Waals surface area (Å²) in [6, 6.07) is 4.77. The lowest BCUT2D eigenvalue weighted by molar-refractivity contribution is -0.123. The normalized spacial score (nSPS) is 27.3. The first-order chi connectivity index (χ1) is 14.5. The SMILES string of the molecule is CC(=O)c1ccc(N2C[C@H]3C[C@@H](C2)[C@H](CO)N2CCCC[C@@H]32)nc1.O=CO.O=CO. The number of aromatic nitrogens is 1. The molecule has 3 saturated heterocycles. The average molecular weight is 421 g/mol. The number of ketones is 1. The van der Waals surface area contributed by atoms with E-state index in [0.717, 1.165) is 25.5 Å². The number of pyridine rings is 1. The van der Waals surface area contributed by atoms with Crippen LogP contribution >= 0.6 is 0 Å². The van der Waals surface area contributed by atoms with E-state index in [2.05, 4.69) is 14.8 Å². The van der Waals surface area contributed by atoms with Gasteiger partial charge in [-0.15, -0.1) is 0 Å². The van der Waals surface area contributed by atoms with E-state index in [-0.39, 0.29) is 25.3 Å². The van der Waals surface area contributed by atoms with Crippen LogP contribution in [0, 0.1) is 11.8 Å². The largest absolute Gasteiger partial charge is 0.483 e. The Morgan fingerprint density at radius 3 is 2.40 bits per heavy atom. The summed E-state index contributed by atoms with van der Waals surface area (Å²) in [6.07, 6.45) is 6.77. The molecule has 166 valence electrons. The second-order valence-electron chi connectivity index (χ2n) is 7.88. The molecular weight excluding hydrogens is 390 g/mol. The highest BCUT2D eigenvalue weighted by atomic mass is 16.3. The topological polar surface area (TPSA) is 131 Å². The van der Waals surface area contributed by atoms with E-state index in [1.54, 1.807) is 13.1 Å². The van der Waals surface area contributed by atoms with Crippen LogP contribution < -0.4 is 4.90 Å². The minimum atomic E-state index is -0.250. The van der Waals surface area contributed by atoms with Crippen LogP contribution in [0.15, 0.2) is 18.3 Å². The number of hydrogen-bond acceptors (Lipinski definition) is 7. The lowest BCUT2D eigenvalue weighted by Gasteiger charge is -2.56. The van der Waals surface area contributed by atoms with Crippen LogP contribution in [-0.4, -0.2) is 82.3 Å². The molecule has 9 nitrogen and oxygen atoms in total. The summed E-state index contributed by atoms with van der Waals surface area (Å²) in [4.78, 5) is 37.7. The van der Waals surface area contributed by atoms with Crippen LogP contribution in [0.3, 0.4) is 0 Å². The second kappa shape index (κ2) is 11.6. The molecule has 3 fully saturated rings. The van der Waals surface area contributed by atoms with Gasteiger partial charge < -0.3 is 20.2 Å². The van der Waals surface area contributed by atoms with Gasteiger partial charge in [-0.25, -0.2) is 4.98 Å². The molecule has 0 aromatic carbocycles. The summed E-state index contributed by atoms with van der Waals surface area (Å²) in [7, 11) is 0. The van der Waals surface area contributed by atoms with Gasteiger partial charge in [-0.3, -0.25) is 19.3 Å². The highest BCUT2D eigenvalue weighted by Gasteiger charge is 2.47. The molecule has 4 atom stereocenters. The number of Topliss-reactive ketones (excluding diaryl/α,β-unsaturated/α-hetero) is 1. The van der Waals surface area contributed by atoms with Crippen molar-refractivity contribution in [3.8, 4) is 0 Å². The Labute approximate surface area is 176 Å². The Bertz CT molecular complexity index is 678. The third kappa shape index (κ3) is 5.54. The number of fused-ring (bicyclic) bond motifs is 4. The maximum atomic E-state index is 11.4. The van der Waals surface area contributed by atoms with Crippen LogP contribution in [0.2, 0.25) is 0 Å². The number of aliphatic hydroxyl groups excluding tert-OH is 1. The van der Waals surface area contributed by atoms with Crippen molar-refractivity contribution in [2.75, 3.05) is 31.1 Å². The van der Waals surface area contributed by atoms with Crippen molar-refractivity contribution in [2.24, 2.45) is 11.8 Å². The summed E-state index contributed by atoms with van der Waals surface area (Å²) in [5.74, 6) is 2.21. The van der Waals surface area contributed by atoms with Crippen molar-refractivity contribution >= 4 is 24.5 Å². The minimum absolute atomic E-state index is 0.0581. The lowest BCUT2D eigenvalue weighted by Crippen LogP contribution is -2.64. The first-order valence-electron chi connectivity index (χ1n) is 10.2. The van der Waals surface area contributed by atoms with Gasteiger partial charge >= 0.3 is 0 Å². The van der Waals surface area contributed by atoms with Crippen molar-refractivity contribution in [3.05, 3.63) is 23.9 Å². The number of rotatable bonds is 3. The molecule has 1 aromatic rings. The fourth-order valence-corrected chi connectivity index (χ4v) is 5.13. The molecule has 3 aliphatic rings. The summed E-state index contributed by atoms with van der Waals surface area (Å²) in [6.45, 7) is 4.48. The van der Waals surface area contributed by atoms with Crippen molar-refractivity contribution in [1.29, 1.82) is 0 Å². The van der Waals surface area contributed by atoms with E-state index in [0.29, 0.717) is 29.5 Å². The summed E-state index contributed by atoms with van der Waals surface area (Å²) in [5, 5.41) is 23.8. The van der Waals surface area contributed by atoms with Crippen molar-refractivity contribution < 1.29 is 29.7 Å². The fraction of sp³-hybridized carbons (Fsp3) is 0.619. The average Bonchev–Trinajstić information content (AvgIpc) is 2.75. The molecule has 3 N–H and O–H groups in total. The van der Waals surface area contributed by atoms with Crippen molar-refractivity contribution in [3.63, 3.8) is 0 Å². The molecule has 4 heterocycles. The van der Waals surface area contributed by atoms with Gasteiger partial charge in [0, 0.05) is 36.9 Å². The zero-order valence-electron chi connectivity index (χ0n) is 17.3. The van der Waals surface area contributed by atoms with Crippen LogP contribution in [-0.2, 0) is 9.59 Å². The van der Waals surface area contributed by atoms with E-state index < -0.39 is 0 Å². The third-order valence-corrected chi connectivity index (χ3v) is 6.29. The predicted octanol–water partition coefficient (Wildman–Crippen LogP) is 1.36. The zero-order valence-corrected chi connectivity index (χ0v) is 17.3. The van der Waals surface area contributed by atoms with Gasteiger partial charge in [0.25, 0.3) is 12.9 Å². The summed E-state index contributed by atoms with van der Waals surface area (Å²) >= 11 is 0. The number of aliphatic hydroxyl groups is 1. The number of carbonyl (C=O) groups is 3. The number of anilines is 1. The standard InChI is InChI=1S/C19H27N3O2.2CH2O2/c1-13(24)14-5-6-19(20-9-14)21-10-15-8-16(11-21)18(12-23)22-7-3-2-4-17(15)22;2*2-1-3/h5-6,9,15-18,23H,2-4,7-8,10-12H2,1H3;2*1H,(H,2,3)/t15-,16+,17+,18+;;/m1../s1. The monoisotopic (exact) mass is 421 g/mol. The van der Waals surface area contributed by atoms with Crippen LogP contribution in [0.1, 0.15) is 43.0 Å². The number of carboxylic acid groups (broad SMARTS) is 2. The van der Waals surface area contributed by atoms with Gasteiger partial charge in [-0.2, -0.15) is 0 Å². The predicted molar refractivity (Wildman–Crippen MR) is 111 cm³/mol. The number of nitrogens with zero attached hydrogens (tertiary/aromatic N) is 3. The van der Waals surface area contributed by atoms with Gasteiger partial charge in [-0.1, -0.05) is 6.42 Å². The molecule has 0 unspecified atom stereocenters. The molecule has 0 spiro atoms. The molecule has 3 aliphatic heterocycles. The molecule has 0 amide bonds. The Balaban J connectivity index is 0.000000480. The van der Waals surface area contributed by atoms with E-state index in [4.69, 9.17) is 19.8 Å². The summed E-state index contributed by atoms with van der Waals surface area (Å²) < 4.78 is 0.